The topological polar surface area (TPSA) is 46.1 Å². The molecule has 0 spiro atoms. The monoisotopic (exact) mass is 315 g/mol. The van der Waals surface area contributed by atoms with E-state index in [2.05, 4.69) is 9.59 Å². The molecule has 4 nitrogen and oxygen atoms in total. The molecule has 0 N–H and O–H groups in total. The number of rotatable bonds is 3. The second-order valence-electron chi connectivity index (χ2n) is 4.60. The van der Waals surface area contributed by atoms with Gasteiger partial charge < -0.3 is 4.90 Å². The maximum atomic E-state index is 12.8. The lowest BCUT2D eigenvalue weighted by Gasteiger charge is -2.26. The summed E-state index contributed by atoms with van der Waals surface area (Å²) in [7, 11) is 0. The molecule has 112 valence electrons. The highest BCUT2D eigenvalue weighted by atomic mass is 32.1. The average Bonchev–Trinajstić information content (AvgIpc) is 2.91. The summed E-state index contributed by atoms with van der Waals surface area (Å²) in [5.74, 6) is -0.417. The maximum absolute atomic E-state index is 12.8. The molecule has 0 fully saturated rings. The molecule has 0 saturated heterocycles. The first-order chi connectivity index (χ1) is 9.80. The van der Waals surface area contributed by atoms with Gasteiger partial charge >= 0.3 is 6.18 Å². The smallest absolute Gasteiger partial charge is 0.305 e. The van der Waals surface area contributed by atoms with Crippen molar-refractivity contribution in [2.45, 2.75) is 26.1 Å². The summed E-state index contributed by atoms with van der Waals surface area (Å²) in [6.07, 6.45) is -3.15. The van der Waals surface area contributed by atoms with Crippen LogP contribution in [0.3, 0.4) is 0 Å². The van der Waals surface area contributed by atoms with Crippen molar-refractivity contribution in [3.63, 3.8) is 0 Å². The number of carbonyl (C=O) groups excluding carboxylic acids is 1. The number of aromatic nitrogens is 2. The van der Waals surface area contributed by atoms with E-state index in [1.165, 1.54) is 23.2 Å². The molecular weight excluding hydrogens is 303 g/mol. The molecule has 0 aliphatic carbocycles. The van der Waals surface area contributed by atoms with E-state index in [-0.39, 0.29) is 16.6 Å². The van der Waals surface area contributed by atoms with Gasteiger partial charge in [-0.15, -0.1) is 5.10 Å². The SMILES string of the molecule is CC(C)N(C(=O)c1cnns1)c1cccc(C(F)(F)F)c1. The molecule has 1 aromatic carbocycles. The van der Waals surface area contributed by atoms with Crippen molar-refractivity contribution >= 4 is 23.1 Å². The number of anilines is 1. The summed E-state index contributed by atoms with van der Waals surface area (Å²) >= 11 is 0.907. The zero-order valence-electron chi connectivity index (χ0n) is 11.3. The van der Waals surface area contributed by atoms with Crippen LogP contribution in [-0.4, -0.2) is 21.5 Å². The van der Waals surface area contributed by atoms with Gasteiger partial charge in [-0.1, -0.05) is 10.6 Å². The Labute approximate surface area is 123 Å². The Hall–Kier alpha value is -1.96. The van der Waals surface area contributed by atoms with Crippen LogP contribution in [0, 0.1) is 0 Å². The van der Waals surface area contributed by atoms with Crippen molar-refractivity contribution in [1.29, 1.82) is 0 Å². The number of carbonyl (C=O) groups is 1. The highest BCUT2D eigenvalue weighted by molar-refractivity contribution is 7.07. The minimum Gasteiger partial charge on any atom is -0.305 e. The van der Waals surface area contributed by atoms with Crippen molar-refractivity contribution in [1.82, 2.24) is 9.59 Å². The molecule has 2 rings (SSSR count). The quantitative estimate of drug-likeness (QED) is 0.869. The van der Waals surface area contributed by atoms with Crippen LogP contribution in [0.15, 0.2) is 30.5 Å². The van der Waals surface area contributed by atoms with Gasteiger partial charge in [-0.25, -0.2) is 0 Å². The van der Waals surface area contributed by atoms with E-state index in [9.17, 15) is 18.0 Å². The molecule has 0 unspecified atom stereocenters. The fourth-order valence-electron chi connectivity index (χ4n) is 1.86. The van der Waals surface area contributed by atoms with Gasteiger partial charge in [0.15, 0.2) is 0 Å². The summed E-state index contributed by atoms with van der Waals surface area (Å²) in [4.78, 5) is 14.0. The van der Waals surface area contributed by atoms with Gasteiger partial charge in [-0.2, -0.15) is 13.2 Å². The van der Waals surface area contributed by atoms with Crippen molar-refractivity contribution in [3.8, 4) is 0 Å². The van der Waals surface area contributed by atoms with Gasteiger partial charge in [0, 0.05) is 11.7 Å². The third-order valence-corrected chi connectivity index (χ3v) is 3.41. The van der Waals surface area contributed by atoms with Gasteiger partial charge in [-0.05, 0) is 43.6 Å². The number of hydrogen-bond donors (Lipinski definition) is 0. The molecule has 2 aromatic rings. The van der Waals surface area contributed by atoms with Crippen LogP contribution in [-0.2, 0) is 6.18 Å². The first kappa shape index (κ1) is 15.4. The number of halogens is 3. The van der Waals surface area contributed by atoms with Crippen LogP contribution in [0.5, 0.6) is 0 Å². The van der Waals surface area contributed by atoms with E-state index in [1.54, 1.807) is 13.8 Å². The van der Waals surface area contributed by atoms with E-state index in [0.29, 0.717) is 0 Å². The van der Waals surface area contributed by atoms with Crippen LogP contribution >= 0.6 is 11.5 Å². The summed E-state index contributed by atoms with van der Waals surface area (Å²) in [6, 6.07) is 4.39. The third kappa shape index (κ3) is 3.38. The molecule has 0 aliphatic rings. The fourth-order valence-corrected chi connectivity index (χ4v) is 2.32. The van der Waals surface area contributed by atoms with Crippen molar-refractivity contribution in [3.05, 3.63) is 40.9 Å². The predicted molar refractivity (Wildman–Crippen MR) is 73.3 cm³/mol. The average molecular weight is 315 g/mol. The van der Waals surface area contributed by atoms with Crippen LogP contribution in [0.4, 0.5) is 18.9 Å². The number of alkyl halides is 3. The van der Waals surface area contributed by atoms with E-state index in [4.69, 9.17) is 0 Å². The molecule has 0 atom stereocenters. The first-order valence-electron chi connectivity index (χ1n) is 6.09. The Morgan fingerprint density at radius 3 is 2.57 bits per heavy atom. The molecule has 21 heavy (non-hydrogen) atoms. The molecule has 8 heteroatoms. The Morgan fingerprint density at radius 1 is 1.33 bits per heavy atom. The van der Waals surface area contributed by atoms with Gasteiger partial charge in [-0.3, -0.25) is 4.79 Å². The minimum absolute atomic E-state index is 0.193. The summed E-state index contributed by atoms with van der Waals surface area (Å²) in [6.45, 7) is 3.46. The molecule has 0 saturated carbocycles. The van der Waals surface area contributed by atoms with Gasteiger partial charge in [0.05, 0.1) is 11.8 Å². The van der Waals surface area contributed by atoms with Crippen molar-refractivity contribution in [2.24, 2.45) is 0 Å². The second-order valence-corrected chi connectivity index (χ2v) is 5.38. The zero-order valence-corrected chi connectivity index (χ0v) is 12.1. The molecule has 0 radical (unpaired) electrons. The number of hydrogen-bond acceptors (Lipinski definition) is 4. The van der Waals surface area contributed by atoms with E-state index < -0.39 is 17.6 Å². The highest BCUT2D eigenvalue weighted by Gasteiger charge is 2.32. The van der Waals surface area contributed by atoms with Gasteiger partial charge in [0.1, 0.15) is 4.88 Å². The molecule has 0 aliphatic heterocycles. The highest BCUT2D eigenvalue weighted by Crippen LogP contribution is 2.32. The normalized spacial score (nSPS) is 11.7. The Morgan fingerprint density at radius 2 is 2.05 bits per heavy atom. The van der Waals surface area contributed by atoms with Crippen molar-refractivity contribution in [2.75, 3.05) is 4.90 Å². The van der Waals surface area contributed by atoms with Gasteiger partial charge in [0.25, 0.3) is 5.91 Å². The first-order valence-corrected chi connectivity index (χ1v) is 6.86. The standard InChI is InChI=1S/C13H12F3N3OS/c1-8(2)19(12(20)11-7-17-18-21-11)10-5-3-4-9(6-10)13(14,15)16/h3-8H,1-2H3. The molecule has 0 bridgehead atoms. The fraction of sp³-hybridized carbons (Fsp3) is 0.308. The Kier molecular flexibility index (Phi) is 4.26. The maximum Gasteiger partial charge on any atom is 0.416 e. The third-order valence-electron chi connectivity index (χ3n) is 2.76. The molecule has 1 heterocycles. The summed E-state index contributed by atoms with van der Waals surface area (Å²) in [5, 5.41) is 3.58. The van der Waals surface area contributed by atoms with Crippen molar-refractivity contribution < 1.29 is 18.0 Å². The lowest BCUT2D eigenvalue weighted by atomic mass is 10.1. The number of nitrogens with zero attached hydrogens (tertiary/aromatic N) is 3. The molecular formula is C13H12F3N3OS. The van der Waals surface area contributed by atoms with Gasteiger partial charge in [0.2, 0.25) is 0 Å². The second kappa shape index (κ2) is 5.80. The Balaban J connectivity index is 2.42. The minimum atomic E-state index is -4.45. The van der Waals surface area contributed by atoms with E-state index in [1.807, 2.05) is 0 Å². The number of benzene rings is 1. The largest absolute Gasteiger partial charge is 0.416 e. The molecule has 1 aromatic heterocycles. The lowest BCUT2D eigenvalue weighted by molar-refractivity contribution is -0.137. The van der Waals surface area contributed by atoms with E-state index >= 15 is 0 Å². The van der Waals surface area contributed by atoms with Crippen LogP contribution in [0.1, 0.15) is 29.1 Å². The Bertz CT molecular complexity index is 626. The molecule has 1 amide bonds. The lowest BCUT2D eigenvalue weighted by Crippen LogP contribution is -2.36. The summed E-state index contributed by atoms with van der Waals surface area (Å²) < 4.78 is 42.0. The summed E-state index contributed by atoms with van der Waals surface area (Å²) in [5.41, 5.74) is -0.598. The van der Waals surface area contributed by atoms with Crippen LogP contribution < -0.4 is 4.90 Å². The zero-order chi connectivity index (χ0) is 15.6. The van der Waals surface area contributed by atoms with Crippen LogP contribution in [0.25, 0.3) is 0 Å². The number of amides is 1. The predicted octanol–water partition coefficient (Wildman–Crippen LogP) is 3.61. The van der Waals surface area contributed by atoms with Crippen LogP contribution in [0.2, 0.25) is 0 Å². The van der Waals surface area contributed by atoms with E-state index in [0.717, 1.165) is 23.7 Å².